The number of para-hydroxylation sites is 3. The Morgan fingerprint density at radius 3 is 1.45 bits per heavy atom. The first-order valence-electron chi connectivity index (χ1n) is 11.5. The third-order valence-electron chi connectivity index (χ3n) is 6.62. The van der Waals surface area contributed by atoms with Gasteiger partial charge in [-0.15, -0.1) is 0 Å². The molecule has 0 fully saturated rings. The van der Waals surface area contributed by atoms with Gasteiger partial charge in [-0.2, -0.15) is 0 Å². The molecule has 168 valence electrons. The molecule has 3 N–H and O–H groups in total. The van der Waals surface area contributed by atoms with Crippen LogP contribution in [-0.2, 0) is 18.3 Å². The van der Waals surface area contributed by atoms with Gasteiger partial charge < -0.3 is 15.3 Å². The summed E-state index contributed by atoms with van der Waals surface area (Å²) in [7, 11) is 0. The molecule has 0 aliphatic rings. The molecule has 0 unspecified atom stereocenters. The van der Waals surface area contributed by atoms with E-state index in [1.54, 1.807) is 18.2 Å². The zero-order chi connectivity index (χ0) is 23.3. The van der Waals surface area contributed by atoms with Crippen LogP contribution in [0.5, 0.6) is 17.2 Å². The highest BCUT2D eigenvalue weighted by molar-refractivity contribution is 5.60. The zero-order valence-electron chi connectivity index (χ0n) is 18.9. The predicted octanol–water partition coefficient (Wildman–Crippen LogP) is 6.72. The lowest BCUT2D eigenvalue weighted by molar-refractivity contribution is 0.429. The van der Waals surface area contributed by atoms with E-state index in [-0.39, 0.29) is 11.5 Å². The lowest BCUT2D eigenvalue weighted by atomic mass is 9.65. The highest BCUT2D eigenvalue weighted by Crippen LogP contribution is 2.49. The maximum Gasteiger partial charge on any atom is 0.120 e. The molecule has 0 atom stereocenters. The number of aryl methyl sites for hydroxylation is 2. The van der Waals surface area contributed by atoms with E-state index >= 15 is 0 Å². The van der Waals surface area contributed by atoms with Crippen molar-refractivity contribution in [2.75, 3.05) is 0 Å². The molecule has 33 heavy (non-hydrogen) atoms. The molecule has 0 aliphatic carbocycles. The van der Waals surface area contributed by atoms with Crippen molar-refractivity contribution in [1.29, 1.82) is 0 Å². The van der Waals surface area contributed by atoms with Gasteiger partial charge in [0.25, 0.3) is 0 Å². The Morgan fingerprint density at radius 2 is 0.939 bits per heavy atom. The van der Waals surface area contributed by atoms with Crippen LogP contribution >= 0.6 is 0 Å². The summed E-state index contributed by atoms with van der Waals surface area (Å²) in [5, 5.41) is 32.0. The highest BCUT2D eigenvalue weighted by atomic mass is 16.3. The van der Waals surface area contributed by atoms with E-state index in [9.17, 15) is 15.3 Å². The fourth-order valence-corrected chi connectivity index (χ4v) is 5.02. The molecule has 0 spiro atoms. The van der Waals surface area contributed by atoms with Gasteiger partial charge in [0.1, 0.15) is 17.2 Å². The molecule has 0 bridgehead atoms. The van der Waals surface area contributed by atoms with Gasteiger partial charge in [-0.25, -0.2) is 0 Å². The molecule has 4 aromatic rings. The second-order valence-electron chi connectivity index (χ2n) is 8.43. The summed E-state index contributed by atoms with van der Waals surface area (Å²) in [6.45, 7) is 2.09. The summed E-state index contributed by atoms with van der Waals surface area (Å²) in [4.78, 5) is 0. The van der Waals surface area contributed by atoms with Crippen LogP contribution in [0, 0.1) is 0 Å². The molecule has 4 rings (SSSR count). The largest absolute Gasteiger partial charge is 0.508 e. The summed E-state index contributed by atoms with van der Waals surface area (Å²) < 4.78 is 0. The van der Waals surface area contributed by atoms with Crippen LogP contribution in [0.1, 0.15) is 47.6 Å². The minimum atomic E-state index is -0.706. The van der Waals surface area contributed by atoms with Crippen molar-refractivity contribution in [3.05, 3.63) is 125 Å². The normalized spacial score (nSPS) is 11.4. The Kier molecular flexibility index (Phi) is 6.69. The SMILES string of the molecule is CCC(c1ccccc1O)(c1ccccc1O)c1ccccc1CCCc1ccccc1O. The lowest BCUT2D eigenvalue weighted by Gasteiger charge is -2.37. The molecule has 3 nitrogen and oxygen atoms in total. The maximum atomic E-state index is 10.9. The second-order valence-corrected chi connectivity index (χ2v) is 8.43. The van der Waals surface area contributed by atoms with Crippen molar-refractivity contribution in [3.63, 3.8) is 0 Å². The van der Waals surface area contributed by atoms with Crippen LogP contribution < -0.4 is 0 Å². The van der Waals surface area contributed by atoms with Crippen LogP contribution in [0.4, 0.5) is 0 Å². The number of benzene rings is 4. The average Bonchev–Trinajstić information content (AvgIpc) is 2.84. The van der Waals surface area contributed by atoms with Crippen LogP contribution in [0.2, 0.25) is 0 Å². The fraction of sp³-hybridized carbons (Fsp3) is 0.200. The summed E-state index contributed by atoms with van der Waals surface area (Å²) in [6.07, 6.45) is 3.12. The number of hydrogen-bond acceptors (Lipinski definition) is 3. The Labute approximate surface area is 195 Å². The number of phenols is 3. The average molecular weight is 439 g/mol. The van der Waals surface area contributed by atoms with Gasteiger partial charge in [0.05, 0.1) is 5.41 Å². The van der Waals surface area contributed by atoms with E-state index in [0.717, 1.165) is 41.5 Å². The molecule has 0 amide bonds. The Hall–Kier alpha value is -3.72. The third kappa shape index (κ3) is 4.31. The molecule has 0 aromatic heterocycles. The molecule has 4 aromatic carbocycles. The van der Waals surface area contributed by atoms with Gasteiger partial charge in [-0.1, -0.05) is 85.8 Å². The Morgan fingerprint density at radius 1 is 0.515 bits per heavy atom. The molecule has 0 heterocycles. The van der Waals surface area contributed by atoms with Gasteiger partial charge >= 0.3 is 0 Å². The predicted molar refractivity (Wildman–Crippen MR) is 133 cm³/mol. The molecule has 0 aliphatic heterocycles. The molecule has 3 heteroatoms. The summed E-state index contributed by atoms with van der Waals surface area (Å²) in [5.41, 5.74) is 4.04. The van der Waals surface area contributed by atoms with E-state index < -0.39 is 5.41 Å². The van der Waals surface area contributed by atoms with Crippen LogP contribution in [0.3, 0.4) is 0 Å². The molecule has 0 saturated carbocycles. The topological polar surface area (TPSA) is 60.7 Å². The highest BCUT2D eigenvalue weighted by Gasteiger charge is 2.39. The zero-order valence-corrected chi connectivity index (χ0v) is 18.9. The number of rotatable bonds is 8. The van der Waals surface area contributed by atoms with Crippen molar-refractivity contribution in [2.24, 2.45) is 0 Å². The van der Waals surface area contributed by atoms with E-state index in [4.69, 9.17) is 0 Å². The standard InChI is InChI=1S/C30H30O3/c1-2-30(25-17-6-9-20-28(25)32,26-18-7-10-21-29(26)33)24-16-5-3-12-22(24)14-11-15-23-13-4-8-19-27(23)31/h3-10,12-13,16-21,31-33H,2,11,14-15H2,1H3. The van der Waals surface area contributed by atoms with E-state index in [2.05, 4.69) is 19.1 Å². The van der Waals surface area contributed by atoms with Gasteiger partial charge in [0.15, 0.2) is 0 Å². The number of aromatic hydroxyl groups is 3. The Bertz CT molecular complexity index is 1180. The quantitative estimate of drug-likeness (QED) is 0.268. The maximum absolute atomic E-state index is 10.9. The summed E-state index contributed by atoms with van der Waals surface area (Å²) in [6, 6.07) is 30.6. The fourth-order valence-electron chi connectivity index (χ4n) is 5.02. The molecule has 0 radical (unpaired) electrons. The van der Waals surface area contributed by atoms with Gasteiger partial charge in [-0.3, -0.25) is 0 Å². The van der Waals surface area contributed by atoms with Gasteiger partial charge in [0.2, 0.25) is 0 Å². The van der Waals surface area contributed by atoms with E-state index in [0.29, 0.717) is 12.2 Å². The molecular formula is C30H30O3. The van der Waals surface area contributed by atoms with Crippen molar-refractivity contribution in [1.82, 2.24) is 0 Å². The number of phenolic OH excluding ortho intramolecular Hbond substituents is 3. The number of hydrogen-bond donors (Lipinski definition) is 3. The van der Waals surface area contributed by atoms with E-state index in [1.807, 2.05) is 66.7 Å². The molecular weight excluding hydrogens is 408 g/mol. The first kappa shape index (κ1) is 22.5. The molecule has 0 saturated heterocycles. The minimum Gasteiger partial charge on any atom is -0.508 e. The van der Waals surface area contributed by atoms with E-state index in [1.165, 1.54) is 5.56 Å². The third-order valence-corrected chi connectivity index (χ3v) is 6.62. The second kappa shape index (κ2) is 9.83. The van der Waals surface area contributed by atoms with Crippen LogP contribution in [-0.4, -0.2) is 15.3 Å². The van der Waals surface area contributed by atoms with Crippen molar-refractivity contribution in [2.45, 2.75) is 38.0 Å². The van der Waals surface area contributed by atoms with Crippen LogP contribution in [0.25, 0.3) is 0 Å². The lowest BCUT2D eigenvalue weighted by Crippen LogP contribution is -2.30. The van der Waals surface area contributed by atoms with Gasteiger partial charge in [-0.05, 0) is 60.6 Å². The van der Waals surface area contributed by atoms with Crippen molar-refractivity contribution >= 4 is 0 Å². The van der Waals surface area contributed by atoms with Crippen LogP contribution in [0.15, 0.2) is 97.1 Å². The van der Waals surface area contributed by atoms with Crippen molar-refractivity contribution < 1.29 is 15.3 Å². The first-order valence-corrected chi connectivity index (χ1v) is 11.5. The minimum absolute atomic E-state index is 0.214. The van der Waals surface area contributed by atoms with Crippen molar-refractivity contribution in [3.8, 4) is 17.2 Å². The van der Waals surface area contributed by atoms with Gasteiger partial charge in [0, 0.05) is 11.1 Å². The summed E-state index contributed by atoms with van der Waals surface area (Å²) >= 11 is 0. The summed E-state index contributed by atoms with van der Waals surface area (Å²) in [5.74, 6) is 0.760. The Balaban J connectivity index is 1.81. The smallest absolute Gasteiger partial charge is 0.120 e. The first-order chi connectivity index (χ1) is 16.1. The monoisotopic (exact) mass is 438 g/mol.